The topological polar surface area (TPSA) is 79.5 Å². The summed E-state index contributed by atoms with van der Waals surface area (Å²) in [5, 5.41) is 8.89. The SMILES string of the molecule is COC1(C(=O)NCc2cccc(NC(=O)c3cccc(F)c3)c2)CCNCC1.Cl. The van der Waals surface area contributed by atoms with Gasteiger partial charge >= 0.3 is 0 Å². The van der Waals surface area contributed by atoms with E-state index in [0.29, 0.717) is 25.1 Å². The van der Waals surface area contributed by atoms with Crippen molar-refractivity contribution in [3.05, 3.63) is 65.5 Å². The van der Waals surface area contributed by atoms with Gasteiger partial charge in [-0.25, -0.2) is 4.39 Å². The van der Waals surface area contributed by atoms with Crippen molar-refractivity contribution in [2.75, 3.05) is 25.5 Å². The molecule has 0 aromatic heterocycles. The van der Waals surface area contributed by atoms with Crippen molar-refractivity contribution in [1.29, 1.82) is 0 Å². The van der Waals surface area contributed by atoms with E-state index in [2.05, 4.69) is 16.0 Å². The van der Waals surface area contributed by atoms with Gasteiger partial charge in [0.2, 0.25) is 0 Å². The van der Waals surface area contributed by atoms with E-state index in [-0.39, 0.29) is 23.9 Å². The van der Waals surface area contributed by atoms with Crippen molar-refractivity contribution in [2.45, 2.75) is 25.0 Å². The lowest BCUT2D eigenvalue weighted by Crippen LogP contribution is -2.53. The first-order chi connectivity index (χ1) is 13.5. The molecule has 0 radical (unpaired) electrons. The molecule has 1 heterocycles. The number of benzene rings is 2. The van der Waals surface area contributed by atoms with Gasteiger partial charge in [-0.3, -0.25) is 9.59 Å². The molecule has 2 amide bonds. The van der Waals surface area contributed by atoms with Crippen LogP contribution in [0.15, 0.2) is 48.5 Å². The number of carbonyl (C=O) groups is 2. The van der Waals surface area contributed by atoms with Crippen molar-refractivity contribution in [1.82, 2.24) is 10.6 Å². The second kappa shape index (κ2) is 10.3. The highest BCUT2D eigenvalue weighted by molar-refractivity contribution is 6.04. The van der Waals surface area contributed by atoms with Crippen LogP contribution in [0, 0.1) is 5.82 Å². The molecule has 2 aromatic rings. The monoisotopic (exact) mass is 421 g/mol. The number of hydrogen-bond acceptors (Lipinski definition) is 4. The Kier molecular flexibility index (Phi) is 8.13. The number of methoxy groups -OCH3 is 1. The van der Waals surface area contributed by atoms with Crippen LogP contribution in [0.5, 0.6) is 0 Å². The second-order valence-corrected chi connectivity index (χ2v) is 6.80. The van der Waals surface area contributed by atoms with E-state index < -0.39 is 17.3 Å². The normalized spacial score (nSPS) is 15.1. The number of amides is 2. The van der Waals surface area contributed by atoms with Crippen molar-refractivity contribution < 1.29 is 18.7 Å². The zero-order valence-electron chi connectivity index (χ0n) is 16.2. The smallest absolute Gasteiger partial charge is 0.255 e. The lowest BCUT2D eigenvalue weighted by molar-refractivity contribution is -0.146. The molecule has 0 unspecified atom stereocenters. The molecule has 156 valence electrons. The second-order valence-electron chi connectivity index (χ2n) is 6.80. The fourth-order valence-electron chi connectivity index (χ4n) is 3.29. The minimum atomic E-state index is -0.797. The van der Waals surface area contributed by atoms with E-state index in [4.69, 9.17) is 4.74 Å². The Morgan fingerprint density at radius 3 is 2.55 bits per heavy atom. The molecule has 3 N–H and O–H groups in total. The number of rotatable bonds is 6. The predicted octanol–water partition coefficient (Wildman–Crippen LogP) is 2.88. The molecular weight excluding hydrogens is 397 g/mol. The quantitative estimate of drug-likeness (QED) is 0.670. The fourth-order valence-corrected chi connectivity index (χ4v) is 3.29. The van der Waals surface area contributed by atoms with Crippen LogP contribution in [0.4, 0.5) is 10.1 Å². The van der Waals surface area contributed by atoms with Gasteiger partial charge in [0, 0.05) is 24.9 Å². The van der Waals surface area contributed by atoms with Crippen LogP contribution in [-0.2, 0) is 16.1 Å². The number of carbonyl (C=O) groups excluding carboxylic acids is 2. The molecule has 1 fully saturated rings. The maximum absolute atomic E-state index is 13.3. The molecule has 0 atom stereocenters. The minimum Gasteiger partial charge on any atom is -0.368 e. The largest absolute Gasteiger partial charge is 0.368 e. The summed E-state index contributed by atoms with van der Waals surface area (Å²) in [7, 11) is 1.56. The van der Waals surface area contributed by atoms with Gasteiger partial charge in [0.15, 0.2) is 0 Å². The molecular formula is C21H25ClFN3O3. The number of anilines is 1. The molecule has 0 aliphatic carbocycles. The summed E-state index contributed by atoms with van der Waals surface area (Å²) in [6.07, 6.45) is 1.25. The lowest BCUT2D eigenvalue weighted by atomic mass is 9.91. The Bertz CT molecular complexity index is 857. The maximum Gasteiger partial charge on any atom is 0.255 e. The highest BCUT2D eigenvalue weighted by Gasteiger charge is 2.39. The van der Waals surface area contributed by atoms with Crippen molar-refractivity contribution in [3.8, 4) is 0 Å². The van der Waals surface area contributed by atoms with Crippen LogP contribution >= 0.6 is 12.4 Å². The first kappa shape index (κ1) is 22.8. The van der Waals surface area contributed by atoms with E-state index in [1.54, 1.807) is 31.4 Å². The first-order valence-corrected chi connectivity index (χ1v) is 9.22. The van der Waals surface area contributed by atoms with E-state index in [1.165, 1.54) is 18.2 Å². The Labute approximate surface area is 175 Å². The van der Waals surface area contributed by atoms with Crippen LogP contribution < -0.4 is 16.0 Å². The molecule has 3 rings (SSSR count). The number of piperidine rings is 1. The highest BCUT2D eigenvalue weighted by atomic mass is 35.5. The van der Waals surface area contributed by atoms with Crippen LogP contribution in [0.3, 0.4) is 0 Å². The van der Waals surface area contributed by atoms with Gasteiger partial charge in [0.1, 0.15) is 11.4 Å². The van der Waals surface area contributed by atoms with Gasteiger partial charge in [-0.15, -0.1) is 12.4 Å². The van der Waals surface area contributed by atoms with Gasteiger partial charge in [-0.05, 0) is 61.8 Å². The van der Waals surface area contributed by atoms with E-state index in [1.807, 2.05) is 6.07 Å². The molecule has 2 aromatic carbocycles. The standard InChI is InChI=1S/C21H24FN3O3.ClH/c1-28-21(8-10-23-11-9-21)20(27)24-14-15-4-2-7-18(12-15)25-19(26)16-5-3-6-17(22)13-16;/h2-7,12-13,23H,8-11,14H2,1H3,(H,24,27)(H,25,26);1H. The molecule has 0 bridgehead atoms. The average Bonchev–Trinajstić information content (AvgIpc) is 2.72. The van der Waals surface area contributed by atoms with Crippen molar-refractivity contribution in [3.63, 3.8) is 0 Å². The number of nitrogens with one attached hydrogen (secondary N) is 3. The molecule has 1 aliphatic heterocycles. The van der Waals surface area contributed by atoms with Crippen LogP contribution in [0.2, 0.25) is 0 Å². The predicted molar refractivity (Wildman–Crippen MR) is 112 cm³/mol. The lowest BCUT2D eigenvalue weighted by Gasteiger charge is -2.34. The number of hydrogen-bond donors (Lipinski definition) is 3. The molecule has 29 heavy (non-hydrogen) atoms. The highest BCUT2D eigenvalue weighted by Crippen LogP contribution is 2.23. The van der Waals surface area contributed by atoms with Gasteiger partial charge in [-0.2, -0.15) is 0 Å². The summed E-state index contributed by atoms with van der Waals surface area (Å²) in [5.41, 5.74) is 0.857. The Hall–Kier alpha value is -2.48. The van der Waals surface area contributed by atoms with Crippen molar-refractivity contribution >= 4 is 29.9 Å². The molecule has 1 aliphatic rings. The van der Waals surface area contributed by atoms with Gasteiger partial charge in [0.25, 0.3) is 11.8 Å². The van der Waals surface area contributed by atoms with Crippen LogP contribution in [0.1, 0.15) is 28.8 Å². The summed E-state index contributed by atoms with van der Waals surface area (Å²) in [4.78, 5) is 24.9. The molecule has 8 heteroatoms. The third kappa shape index (κ3) is 5.76. The zero-order chi connectivity index (χ0) is 20.0. The van der Waals surface area contributed by atoms with E-state index in [0.717, 1.165) is 18.7 Å². The molecule has 6 nitrogen and oxygen atoms in total. The number of halogens is 2. The van der Waals surface area contributed by atoms with Gasteiger partial charge in [0.05, 0.1) is 0 Å². The summed E-state index contributed by atoms with van der Waals surface area (Å²) in [6, 6.07) is 12.7. The van der Waals surface area contributed by atoms with E-state index >= 15 is 0 Å². The Morgan fingerprint density at radius 2 is 1.86 bits per heavy atom. The van der Waals surface area contributed by atoms with E-state index in [9.17, 15) is 14.0 Å². The third-order valence-electron chi connectivity index (χ3n) is 4.94. The molecule has 0 saturated carbocycles. The summed E-state index contributed by atoms with van der Waals surface area (Å²) < 4.78 is 18.8. The third-order valence-corrected chi connectivity index (χ3v) is 4.94. The zero-order valence-corrected chi connectivity index (χ0v) is 17.0. The van der Waals surface area contributed by atoms with Gasteiger partial charge in [-0.1, -0.05) is 18.2 Å². The van der Waals surface area contributed by atoms with Gasteiger partial charge < -0.3 is 20.7 Å². The summed E-state index contributed by atoms with van der Waals surface area (Å²) in [6.45, 7) is 1.80. The van der Waals surface area contributed by atoms with Crippen LogP contribution in [0.25, 0.3) is 0 Å². The summed E-state index contributed by atoms with van der Waals surface area (Å²) in [5.74, 6) is -0.992. The fraction of sp³-hybridized carbons (Fsp3) is 0.333. The van der Waals surface area contributed by atoms with Crippen molar-refractivity contribution in [2.24, 2.45) is 0 Å². The Balaban J connectivity index is 0.00000300. The minimum absolute atomic E-state index is 0. The number of ether oxygens (including phenoxy) is 1. The average molecular weight is 422 g/mol. The maximum atomic E-state index is 13.3. The first-order valence-electron chi connectivity index (χ1n) is 9.22. The Morgan fingerprint density at radius 1 is 1.14 bits per heavy atom. The van der Waals surface area contributed by atoms with Crippen LogP contribution in [-0.4, -0.2) is 37.6 Å². The summed E-state index contributed by atoms with van der Waals surface area (Å²) >= 11 is 0. The molecule has 1 saturated heterocycles. The molecule has 0 spiro atoms.